The molecule has 2 aromatic heterocycles. The lowest BCUT2D eigenvalue weighted by atomic mass is 10.0. The van der Waals surface area contributed by atoms with Crippen molar-refractivity contribution in [2.45, 2.75) is 39.2 Å². The minimum atomic E-state index is -3.28. The second-order valence-electron chi connectivity index (χ2n) is 8.59. The molecule has 0 saturated carbocycles. The number of aromatic nitrogens is 3. The molecule has 2 heterocycles. The standard InChI is InChI=1S/C27H26F4IN5O2/c1-2-16-14-17(6-7-18(16)26(38)34-11-5-3-4-10-32)36-24-25-35-15-20(37(25)13-12-33-24)19-8-9-21(39-27(30)31)23(29)22(19)28/h6-9,12-15,27H,2-5,10-11H2,1H3,(H,33,36)(H,34,38). The molecule has 2 N–H and O–H groups in total. The number of carbonyl (C=O) groups is 1. The number of nitrogens with one attached hydrogen (secondary N) is 2. The number of carbonyl (C=O) groups excluding carboxylic acids is 1. The Kier molecular flexibility index (Phi) is 9.59. The highest BCUT2D eigenvalue weighted by molar-refractivity contribution is 14.1. The summed E-state index contributed by atoms with van der Waals surface area (Å²) < 4.78 is 60.7. The molecule has 0 atom stereocenters. The summed E-state index contributed by atoms with van der Waals surface area (Å²) in [5.41, 5.74) is 2.45. The van der Waals surface area contributed by atoms with Crippen LogP contribution in [-0.2, 0) is 6.42 Å². The maximum atomic E-state index is 14.8. The van der Waals surface area contributed by atoms with E-state index in [1.807, 2.05) is 13.0 Å². The average molecular weight is 655 g/mol. The molecule has 39 heavy (non-hydrogen) atoms. The van der Waals surface area contributed by atoms with Gasteiger partial charge in [0.05, 0.1) is 11.9 Å². The summed E-state index contributed by atoms with van der Waals surface area (Å²) >= 11 is 2.34. The molecule has 0 fully saturated rings. The van der Waals surface area contributed by atoms with Crippen molar-refractivity contribution in [1.29, 1.82) is 0 Å². The van der Waals surface area contributed by atoms with E-state index in [9.17, 15) is 22.4 Å². The lowest BCUT2D eigenvalue weighted by molar-refractivity contribution is -0.0525. The fourth-order valence-corrected chi connectivity index (χ4v) is 4.68. The van der Waals surface area contributed by atoms with Gasteiger partial charge in [0.25, 0.3) is 5.91 Å². The van der Waals surface area contributed by atoms with Gasteiger partial charge in [0.1, 0.15) is 0 Å². The van der Waals surface area contributed by atoms with Gasteiger partial charge in [0.2, 0.25) is 5.82 Å². The van der Waals surface area contributed by atoms with Crippen molar-refractivity contribution in [3.05, 3.63) is 71.7 Å². The molecule has 0 aliphatic rings. The number of aryl methyl sites for hydroxylation is 1. The van der Waals surface area contributed by atoms with E-state index in [0.29, 0.717) is 35.7 Å². The summed E-state index contributed by atoms with van der Waals surface area (Å²) in [6.07, 6.45) is 8.08. The molecule has 0 bridgehead atoms. The summed E-state index contributed by atoms with van der Waals surface area (Å²) in [7, 11) is 0. The first-order valence-corrected chi connectivity index (χ1v) is 13.9. The monoisotopic (exact) mass is 655 g/mol. The number of rotatable bonds is 12. The van der Waals surface area contributed by atoms with Gasteiger partial charge < -0.3 is 15.4 Å². The number of nitrogens with zero attached hydrogens (tertiary/aromatic N) is 3. The second-order valence-corrected chi connectivity index (χ2v) is 9.67. The van der Waals surface area contributed by atoms with Gasteiger partial charge in [0.15, 0.2) is 23.0 Å². The van der Waals surface area contributed by atoms with E-state index in [1.165, 1.54) is 23.0 Å². The zero-order valence-electron chi connectivity index (χ0n) is 21.0. The molecule has 0 spiro atoms. The number of amides is 1. The van der Waals surface area contributed by atoms with Crippen LogP contribution >= 0.6 is 22.6 Å². The Labute approximate surface area is 236 Å². The van der Waals surface area contributed by atoms with Crippen LogP contribution < -0.4 is 15.4 Å². The van der Waals surface area contributed by atoms with E-state index >= 15 is 0 Å². The first-order chi connectivity index (χ1) is 18.8. The van der Waals surface area contributed by atoms with Gasteiger partial charge in [-0.3, -0.25) is 9.20 Å². The van der Waals surface area contributed by atoms with Crippen molar-refractivity contribution in [3.8, 4) is 17.0 Å². The van der Waals surface area contributed by atoms with Crippen LogP contribution in [0.4, 0.5) is 29.1 Å². The number of anilines is 2. The van der Waals surface area contributed by atoms with Crippen LogP contribution in [0.25, 0.3) is 16.9 Å². The average Bonchev–Trinajstić information content (AvgIpc) is 3.36. The molecule has 0 radical (unpaired) electrons. The van der Waals surface area contributed by atoms with E-state index in [0.717, 1.165) is 41.4 Å². The number of imidazole rings is 1. The van der Waals surface area contributed by atoms with E-state index < -0.39 is 24.0 Å². The number of hydrogen-bond acceptors (Lipinski definition) is 5. The molecule has 0 aliphatic carbocycles. The van der Waals surface area contributed by atoms with E-state index in [4.69, 9.17) is 0 Å². The fourth-order valence-electron chi connectivity index (χ4n) is 4.14. The quantitative estimate of drug-likeness (QED) is 0.0751. The number of benzene rings is 2. The zero-order valence-corrected chi connectivity index (χ0v) is 23.1. The Hall–Kier alpha value is -3.42. The number of ether oxygens (including phenoxy) is 1. The van der Waals surface area contributed by atoms with Crippen molar-refractivity contribution in [2.24, 2.45) is 0 Å². The lowest BCUT2D eigenvalue weighted by Gasteiger charge is -2.13. The topological polar surface area (TPSA) is 80.6 Å². The molecule has 4 rings (SSSR count). The Balaban J connectivity index is 1.57. The molecule has 2 aromatic carbocycles. The predicted octanol–water partition coefficient (Wildman–Crippen LogP) is 6.92. The fraction of sp³-hybridized carbons (Fsp3) is 0.296. The summed E-state index contributed by atoms with van der Waals surface area (Å²) in [6.45, 7) is -0.701. The van der Waals surface area contributed by atoms with Crippen molar-refractivity contribution in [1.82, 2.24) is 19.7 Å². The number of unbranched alkanes of at least 4 members (excludes halogenated alkanes) is 2. The highest BCUT2D eigenvalue weighted by Gasteiger charge is 2.21. The predicted molar refractivity (Wildman–Crippen MR) is 149 cm³/mol. The van der Waals surface area contributed by atoms with Crippen LogP contribution in [0, 0.1) is 11.6 Å². The summed E-state index contributed by atoms with van der Waals surface area (Å²) in [5.74, 6) is -3.52. The smallest absolute Gasteiger partial charge is 0.387 e. The van der Waals surface area contributed by atoms with Gasteiger partial charge >= 0.3 is 6.61 Å². The highest BCUT2D eigenvalue weighted by Crippen LogP contribution is 2.32. The first-order valence-electron chi connectivity index (χ1n) is 12.3. The van der Waals surface area contributed by atoms with Gasteiger partial charge in [-0.1, -0.05) is 35.9 Å². The van der Waals surface area contributed by atoms with Crippen molar-refractivity contribution in [2.75, 3.05) is 16.3 Å². The van der Waals surface area contributed by atoms with Gasteiger partial charge in [-0.15, -0.1) is 0 Å². The molecular formula is C27H26F4IN5O2. The van der Waals surface area contributed by atoms with Crippen molar-refractivity contribution >= 4 is 45.7 Å². The van der Waals surface area contributed by atoms with Crippen LogP contribution in [0.3, 0.4) is 0 Å². The number of hydrogen-bond donors (Lipinski definition) is 2. The van der Waals surface area contributed by atoms with Gasteiger partial charge in [-0.2, -0.15) is 13.2 Å². The Morgan fingerprint density at radius 2 is 1.92 bits per heavy atom. The molecule has 12 heteroatoms. The summed E-state index contributed by atoms with van der Waals surface area (Å²) in [4.78, 5) is 21.3. The minimum absolute atomic E-state index is 0.120. The molecule has 7 nitrogen and oxygen atoms in total. The summed E-state index contributed by atoms with van der Waals surface area (Å²) in [5, 5.41) is 6.15. The SMILES string of the molecule is CCc1cc(Nc2nccn3c(-c4ccc(OC(F)F)c(F)c4F)cnc23)ccc1C(=O)NCCCCCI. The lowest BCUT2D eigenvalue weighted by Crippen LogP contribution is -2.25. The van der Waals surface area contributed by atoms with Gasteiger partial charge in [-0.25, -0.2) is 14.4 Å². The number of fused-ring (bicyclic) bond motifs is 1. The maximum Gasteiger partial charge on any atom is 0.387 e. The first kappa shape index (κ1) is 28.6. The third kappa shape index (κ3) is 6.60. The molecule has 0 unspecified atom stereocenters. The van der Waals surface area contributed by atoms with E-state index in [1.54, 1.807) is 12.1 Å². The Morgan fingerprint density at radius 3 is 2.67 bits per heavy atom. The minimum Gasteiger partial charge on any atom is -0.432 e. The Bertz CT molecular complexity index is 1460. The molecule has 206 valence electrons. The second kappa shape index (κ2) is 13.1. The highest BCUT2D eigenvalue weighted by atomic mass is 127. The van der Waals surface area contributed by atoms with Crippen LogP contribution in [-0.4, -0.2) is 37.9 Å². The van der Waals surface area contributed by atoms with Crippen molar-refractivity contribution in [3.63, 3.8) is 0 Å². The van der Waals surface area contributed by atoms with Gasteiger partial charge in [-0.05, 0) is 59.6 Å². The van der Waals surface area contributed by atoms with Crippen LogP contribution in [0.15, 0.2) is 48.9 Å². The van der Waals surface area contributed by atoms with Crippen LogP contribution in [0.1, 0.15) is 42.1 Å². The zero-order chi connectivity index (χ0) is 27.9. The number of halogens is 5. The van der Waals surface area contributed by atoms with Gasteiger partial charge in [0, 0.05) is 35.8 Å². The molecule has 0 aliphatic heterocycles. The molecule has 0 saturated heterocycles. The molecule has 1 amide bonds. The van der Waals surface area contributed by atoms with E-state index in [2.05, 4.69) is 47.9 Å². The largest absolute Gasteiger partial charge is 0.432 e. The maximum absolute atomic E-state index is 14.8. The molecular weight excluding hydrogens is 629 g/mol. The number of alkyl halides is 3. The third-order valence-electron chi connectivity index (χ3n) is 6.06. The third-order valence-corrected chi connectivity index (χ3v) is 6.82. The normalized spacial score (nSPS) is 11.3. The van der Waals surface area contributed by atoms with Crippen molar-refractivity contribution < 1.29 is 27.1 Å². The van der Waals surface area contributed by atoms with Crippen LogP contribution in [0.5, 0.6) is 5.75 Å². The Morgan fingerprint density at radius 1 is 1.10 bits per heavy atom. The van der Waals surface area contributed by atoms with E-state index in [-0.39, 0.29) is 17.2 Å². The summed E-state index contributed by atoms with van der Waals surface area (Å²) in [6, 6.07) is 7.45. The van der Waals surface area contributed by atoms with Crippen LogP contribution in [0.2, 0.25) is 0 Å². The molecule has 4 aromatic rings.